The fraction of sp³-hybridized carbons (Fsp3) is 0.375. The van der Waals surface area contributed by atoms with Gasteiger partial charge >= 0.3 is 6.03 Å². The van der Waals surface area contributed by atoms with Crippen molar-refractivity contribution in [3.8, 4) is 11.5 Å². The zero-order chi connectivity index (χ0) is 20.9. The van der Waals surface area contributed by atoms with E-state index in [1.54, 1.807) is 7.11 Å². The van der Waals surface area contributed by atoms with Crippen LogP contribution in [0.1, 0.15) is 31.7 Å². The maximum absolute atomic E-state index is 13.1. The molecule has 0 aliphatic carbocycles. The van der Waals surface area contributed by atoms with Crippen molar-refractivity contribution < 1.29 is 14.3 Å². The number of urea groups is 1. The molecule has 6 nitrogen and oxygen atoms in total. The predicted octanol–water partition coefficient (Wildman–Crippen LogP) is 5.19. The summed E-state index contributed by atoms with van der Waals surface area (Å²) in [5.74, 6) is 1.38. The maximum atomic E-state index is 13.1. The van der Waals surface area contributed by atoms with Crippen LogP contribution in [0, 0.1) is 0 Å². The van der Waals surface area contributed by atoms with Crippen LogP contribution in [0.3, 0.4) is 0 Å². The first-order valence-corrected chi connectivity index (χ1v) is 10.6. The van der Waals surface area contributed by atoms with Gasteiger partial charge in [-0.15, -0.1) is 0 Å². The molecular weight excluding hydrogens is 378 g/mol. The lowest BCUT2D eigenvalue weighted by Gasteiger charge is -2.20. The number of fused-ring (bicyclic) bond motifs is 1. The average Bonchev–Trinajstić information content (AvgIpc) is 3.39. The van der Waals surface area contributed by atoms with Gasteiger partial charge in [-0.05, 0) is 36.2 Å². The molecule has 3 aromatic rings. The molecule has 2 amide bonds. The Bertz CT molecular complexity index is 1010. The Kier molecular flexibility index (Phi) is 6.12. The number of hydrogen-bond donors (Lipinski definition) is 1. The van der Waals surface area contributed by atoms with Crippen molar-refractivity contribution in [3.63, 3.8) is 0 Å². The fourth-order valence-electron chi connectivity index (χ4n) is 3.94. The van der Waals surface area contributed by atoms with Crippen molar-refractivity contribution in [2.24, 2.45) is 0 Å². The van der Waals surface area contributed by atoms with Crippen LogP contribution < -0.4 is 14.4 Å². The Morgan fingerprint density at radius 2 is 1.97 bits per heavy atom. The summed E-state index contributed by atoms with van der Waals surface area (Å²) in [5, 5.41) is 1.16. The molecule has 1 N–H and O–H groups in total. The van der Waals surface area contributed by atoms with Crippen LogP contribution in [0.5, 0.6) is 11.5 Å². The predicted molar refractivity (Wildman–Crippen MR) is 119 cm³/mol. The molecule has 2 heterocycles. The third-order valence-corrected chi connectivity index (χ3v) is 5.61. The number of rotatable bonds is 9. The lowest BCUT2D eigenvalue weighted by atomic mass is 10.1. The summed E-state index contributed by atoms with van der Waals surface area (Å²) in [4.78, 5) is 20.1. The molecule has 1 saturated heterocycles. The lowest BCUT2D eigenvalue weighted by molar-refractivity contribution is 0.219. The minimum absolute atomic E-state index is 0.0182. The van der Waals surface area contributed by atoms with Gasteiger partial charge in [0.2, 0.25) is 0 Å². The summed E-state index contributed by atoms with van der Waals surface area (Å²) in [5.41, 5.74) is 3.09. The number of aromatic nitrogens is 1. The van der Waals surface area contributed by atoms with Crippen LogP contribution in [0.15, 0.2) is 48.7 Å². The molecule has 0 radical (unpaired) electrons. The van der Waals surface area contributed by atoms with Crippen molar-refractivity contribution in [2.75, 3.05) is 31.7 Å². The van der Waals surface area contributed by atoms with Crippen molar-refractivity contribution in [3.05, 3.63) is 54.2 Å². The number of carbonyl (C=O) groups excluding carboxylic acids is 1. The van der Waals surface area contributed by atoms with E-state index in [-0.39, 0.29) is 6.03 Å². The molecule has 30 heavy (non-hydrogen) atoms. The Morgan fingerprint density at radius 1 is 1.07 bits per heavy atom. The van der Waals surface area contributed by atoms with Gasteiger partial charge in [-0.3, -0.25) is 4.90 Å². The summed E-state index contributed by atoms with van der Waals surface area (Å²) in [6, 6.07) is 14.0. The standard InChI is InChI=1S/C24H29N3O3/c1-3-4-5-15-30-23-16-19(9-10-22(23)29-2)27-14-13-26(24(27)28)17-18-7-6-8-21-20(18)11-12-25-21/h6-12,16,25H,3-5,13-15,17H2,1-2H3. The van der Waals surface area contributed by atoms with E-state index in [1.165, 1.54) is 0 Å². The van der Waals surface area contributed by atoms with E-state index in [0.717, 1.165) is 41.4 Å². The average molecular weight is 408 g/mol. The lowest BCUT2D eigenvalue weighted by Crippen LogP contribution is -2.31. The molecule has 2 aromatic carbocycles. The minimum atomic E-state index is 0.0182. The summed E-state index contributed by atoms with van der Waals surface area (Å²) in [6.45, 7) is 4.76. The van der Waals surface area contributed by atoms with Gasteiger partial charge in [0, 0.05) is 48.5 Å². The highest BCUT2D eigenvalue weighted by Crippen LogP contribution is 2.34. The van der Waals surface area contributed by atoms with Crippen molar-refractivity contribution in [2.45, 2.75) is 32.7 Å². The Labute approximate surface area is 177 Å². The molecular formula is C24H29N3O3. The highest BCUT2D eigenvalue weighted by molar-refractivity contribution is 5.95. The van der Waals surface area contributed by atoms with Crippen molar-refractivity contribution >= 4 is 22.6 Å². The van der Waals surface area contributed by atoms with Crippen LogP contribution in [-0.2, 0) is 6.54 Å². The number of nitrogens with zero attached hydrogens (tertiary/aromatic N) is 2. The first-order valence-electron chi connectivity index (χ1n) is 10.6. The largest absolute Gasteiger partial charge is 0.493 e. The van der Waals surface area contributed by atoms with E-state index in [0.29, 0.717) is 37.7 Å². The van der Waals surface area contributed by atoms with Gasteiger partial charge in [0.1, 0.15) is 0 Å². The van der Waals surface area contributed by atoms with Crippen LogP contribution in [0.25, 0.3) is 10.9 Å². The number of aromatic amines is 1. The monoisotopic (exact) mass is 407 g/mol. The molecule has 0 spiro atoms. The van der Waals surface area contributed by atoms with E-state index in [1.807, 2.05) is 40.3 Å². The number of anilines is 1. The number of ether oxygens (including phenoxy) is 2. The summed E-state index contributed by atoms with van der Waals surface area (Å²) in [7, 11) is 1.64. The van der Waals surface area contributed by atoms with Crippen LogP contribution in [-0.4, -0.2) is 42.7 Å². The SMILES string of the molecule is CCCCCOc1cc(N2CCN(Cc3cccc4[nH]ccc34)C2=O)ccc1OC. The molecule has 0 unspecified atom stereocenters. The number of nitrogens with one attached hydrogen (secondary N) is 1. The maximum Gasteiger partial charge on any atom is 0.324 e. The third kappa shape index (κ3) is 4.08. The van der Waals surface area contributed by atoms with E-state index in [9.17, 15) is 4.79 Å². The van der Waals surface area contributed by atoms with Gasteiger partial charge in [0.15, 0.2) is 11.5 Å². The number of unbranched alkanes of at least 4 members (excludes halogenated alkanes) is 2. The number of H-pyrrole nitrogens is 1. The number of amides is 2. The summed E-state index contributed by atoms with van der Waals surface area (Å²) < 4.78 is 11.4. The van der Waals surface area contributed by atoms with Gasteiger partial charge in [0.05, 0.1) is 13.7 Å². The van der Waals surface area contributed by atoms with E-state index in [2.05, 4.69) is 30.1 Å². The topological polar surface area (TPSA) is 57.8 Å². The first-order chi connectivity index (χ1) is 14.7. The number of benzene rings is 2. The molecule has 1 aliphatic rings. The number of carbonyl (C=O) groups is 1. The Morgan fingerprint density at radius 3 is 2.80 bits per heavy atom. The molecule has 0 bridgehead atoms. The molecule has 158 valence electrons. The number of hydrogen-bond acceptors (Lipinski definition) is 3. The zero-order valence-corrected chi connectivity index (χ0v) is 17.7. The van der Waals surface area contributed by atoms with Crippen molar-refractivity contribution in [1.82, 2.24) is 9.88 Å². The van der Waals surface area contributed by atoms with E-state index in [4.69, 9.17) is 9.47 Å². The van der Waals surface area contributed by atoms with E-state index < -0.39 is 0 Å². The highest BCUT2D eigenvalue weighted by atomic mass is 16.5. The Hall–Kier alpha value is -3.15. The summed E-state index contributed by atoms with van der Waals surface area (Å²) in [6.07, 6.45) is 5.22. The van der Waals surface area contributed by atoms with Gasteiger partial charge in [-0.25, -0.2) is 4.79 Å². The minimum Gasteiger partial charge on any atom is -0.493 e. The second-order valence-corrected chi connectivity index (χ2v) is 7.60. The smallest absolute Gasteiger partial charge is 0.324 e. The Balaban J connectivity index is 1.48. The van der Waals surface area contributed by atoms with Crippen LogP contribution in [0.2, 0.25) is 0 Å². The fourth-order valence-corrected chi connectivity index (χ4v) is 3.94. The molecule has 0 atom stereocenters. The third-order valence-electron chi connectivity index (χ3n) is 5.61. The first kappa shape index (κ1) is 20.1. The molecule has 0 saturated carbocycles. The van der Waals surface area contributed by atoms with Crippen molar-refractivity contribution in [1.29, 1.82) is 0 Å². The van der Waals surface area contributed by atoms with Crippen LogP contribution >= 0.6 is 0 Å². The zero-order valence-electron chi connectivity index (χ0n) is 17.7. The van der Waals surface area contributed by atoms with Gasteiger partial charge in [0.25, 0.3) is 0 Å². The van der Waals surface area contributed by atoms with Gasteiger partial charge in [-0.1, -0.05) is 31.9 Å². The van der Waals surface area contributed by atoms with Gasteiger partial charge < -0.3 is 19.4 Å². The molecule has 1 aromatic heterocycles. The molecule has 1 aliphatic heterocycles. The molecule has 1 fully saturated rings. The van der Waals surface area contributed by atoms with Gasteiger partial charge in [-0.2, -0.15) is 0 Å². The quantitative estimate of drug-likeness (QED) is 0.497. The highest BCUT2D eigenvalue weighted by Gasteiger charge is 2.30. The second kappa shape index (κ2) is 9.11. The number of methoxy groups -OCH3 is 1. The van der Waals surface area contributed by atoms with E-state index >= 15 is 0 Å². The normalized spacial score (nSPS) is 14.0. The summed E-state index contributed by atoms with van der Waals surface area (Å²) >= 11 is 0. The molecule has 4 rings (SSSR count). The van der Waals surface area contributed by atoms with Crippen LogP contribution in [0.4, 0.5) is 10.5 Å². The molecule has 6 heteroatoms. The second-order valence-electron chi connectivity index (χ2n) is 7.60.